The van der Waals surface area contributed by atoms with Crippen LogP contribution in [0, 0.1) is 11.8 Å². The molecule has 0 radical (unpaired) electrons. The van der Waals surface area contributed by atoms with Gasteiger partial charge in [0.05, 0.1) is 0 Å². The van der Waals surface area contributed by atoms with E-state index in [1.54, 1.807) is 11.1 Å². The topological polar surface area (TPSA) is 0 Å². The van der Waals surface area contributed by atoms with E-state index in [2.05, 4.69) is 190 Å². The Bertz CT molecular complexity index is 2290. The van der Waals surface area contributed by atoms with Crippen molar-refractivity contribution in [1.29, 1.82) is 0 Å². The summed E-state index contributed by atoms with van der Waals surface area (Å²) in [7, 11) is 0. The summed E-state index contributed by atoms with van der Waals surface area (Å²) in [5, 5.41) is 5.24. The number of rotatable bonds is 25. The molecule has 0 bridgehead atoms. The smallest absolute Gasteiger partial charge is 0.00264 e. The van der Waals surface area contributed by atoms with Gasteiger partial charge in [-0.3, -0.25) is 0 Å². The third-order valence-corrected chi connectivity index (χ3v) is 16.2. The lowest BCUT2D eigenvalue weighted by atomic mass is 9.68. The zero-order valence-electron chi connectivity index (χ0n) is 41.8. The molecule has 0 spiro atoms. The van der Waals surface area contributed by atoms with Crippen molar-refractivity contribution in [3.63, 3.8) is 0 Å². The van der Waals surface area contributed by atoms with E-state index in [0.717, 1.165) is 12.8 Å². The zero-order valence-corrected chi connectivity index (χ0v) is 41.8. The van der Waals surface area contributed by atoms with Crippen LogP contribution in [0.15, 0.2) is 128 Å². The Kier molecular flexibility index (Phi) is 17.7. The SMILES string of the molecule is C=CC(C)[C@H](C)[C@@H](C)c1ccc(-c2ccc(-c3c4ccccc4c(-c4ccc(C(C)(CC)CC)cc4)c4ccccc34)cc2)cc1C(C)(CCCCCCCC)CCCCCCCC. The number of allylic oxidation sites excluding steroid dienone is 1. The summed E-state index contributed by atoms with van der Waals surface area (Å²) < 4.78 is 0. The Morgan fingerprint density at radius 2 is 0.875 bits per heavy atom. The molecule has 0 aliphatic heterocycles. The van der Waals surface area contributed by atoms with Crippen LogP contribution in [0.25, 0.3) is 54.9 Å². The molecule has 0 aliphatic rings. The second-order valence-corrected chi connectivity index (χ2v) is 20.4. The molecule has 1 unspecified atom stereocenters. The van der Waals surface area contributed by atoms with Crippen LogP contribution in [-0.4, -0.2) is 0 Å². The zero-order chi connectivity index (χ0) is 45.7. The van der Waals surface area contributed by atoms with Crippen molar-refractivity contribution in [1.82, 2.24) is 0 Å². The maximum Gasteiger partial charge on any atom is -0.00264 e. The van der Waals surface area contributed by atoms with Gasteiger partial charge in [0, 0.05) is 0 Å². The van der Waals surface area contributed by atoms with Gasteiger partial charge >= 0.3 is 0 Å². The van der Waals surface area contributed by atoms with Crippen molar-refractivity contribution < 1.29 is 0 Å². The first-order chi connectivity index (χ1) is 31.0. The van der Waals surface area contributed by atoms with Crippen molar-refractivity contribution in [2.75, 3.05) is 0 Å². The monoisotopic (exact) mass is 853 g/mol. The van der Waals surface area contributed by atoms with E-state index in [9.17, 15) is 0 Å². The maximum absolute atomic E-state index is 4.22. The lowest BCUT2D eigenvalue weighted by molar-refractivity contribution is 0.347. The third kappa shape index (κ3) is 11.1. The molecule has 0 heteroatoms. The molecule has 0 nitrogen and oxygen atoms in total. The first-order valence-corrected chi connectivity index (χ1v) is 26.0. The predicted molar refractivity (Wildman–Crippen MR) is 286 cm³/mol. The van der Waals surface area contributed by atoms with Crippen LogP contribution in [-0.2, 0) is 10.8 Å². The van der Waals surface area contributed by atoms with E-state index >= 15 is 0 Å². The average molecular weight is 853 g/mol. The van der Waals surface area contributed by atoms with Crippen LogP contribution in [0.4, 0.5) is 0 Å². The van der Waals surface area contributed by atoms with Gasteiger partial charge < -0.3 is 0 Å². The summed E-state index contributed by atoms with van der Waals surface area (Å²) in [6.07, 6.45) is 23.1. The standard InChI is InChI=1S/C64H84/c1-11-16-18-20-22-28-44-64(10,45-29-23-21-19-17-12-2)60-46-53(40-43-55(60)49(8)48(7)47(6)13-3)50-34-36-51(37-35-50)61-56-30-24-26-32-58(56)62(59-33-27-25-31-57(59)61)52-38-41-54(42-39-52)63(9,14-4)15-5/h13,24-27,30-43,46-49H,3,11-12,14-23,28-29,44-45H2,1-2,4-10H3/t47?,48-,49+/m0/s1. The Morgan fingerprint density at radius 1 is 0.469 bits per heavy atom. The Balaban J connectivity index is 1.42. The molecule has 0 heterocycles. The van der Waals surface area contributed by atoms with Crippen LogP contribution in [0.3, 0.4) is 0 Å². The molecule has 0 amide bonds. The molecule has 340 valence electrons. The highest BCUT2D eigenvalue weighted by Crippen LogP contribution is 2.46. The van der Waals surface area contributed by atoms with Crippen molar-refractivity contribution in [3.05, 3.63) is 145 Å². The van der Waals surface area contributed by atoms with Gasteiger partial charge in [-0.1, -0.05) is 261 Å². The summed E-state index contributed by atoms with van der Waals surface area (Å²) >= 11 is 0. The minimum atomic E-state index is 0.137. The van der Waals surface area contributed by atoms with Crippen molar-refractivity contribution in [2.45, 2.75) is 182 Å². The van der Waals surface area contributed by atoms with Gasteiger partial charge in [-0.2, -0.15) is 0 Å². The van der Waals surface area contributed by atoms with Crippen LogP contribution in [0.5, 0.6) is 0 Å². The van der Waals surface area contributed by atoms with Gasteiger partial charge in [0.25, 0.3) is 0 Å². The molecule has 0 fully saturated rings. The first kappa shape index (κ1) is 49.0. The maximum atomic E-state index is 4.22. The van der Waals surface area contributed by atoms with Crippen molar-refractivity contribution >= 4 is 21.5 Å². The summed E-state index contributed by atoms with van der Waals surface area (Å²) in [5.74, 6) is 1.42. The third-order valence-electron chi connectivity index (χ3n) is 16.2. The van der Waals surface area contributed by atoms with E-state index in [-0.39, 0.29) is 10.8 Å². The van der Waals surface area contributed by atoms with Gasteiger partial charge in [-0.15, -0.1) is 6.58 Å². The Labute approximate surface area is 391 Å². The molecular weight excluding hydrogens is 769 g/mol. The number of unbranched alkanes of at least 4 members (excludes halogenated alkanes) is 10. The van der Waals surface area contributed by atoms with Gasteiger partial charge in [0.1, 0.15) is 0 Å². The largest absolute Gasteiger partial charge is 0.103 e. The number of benzene rings is 6. The molecule has 0 N–H and O–H groups in total. The van der Waals surface area contributed by atoms with E-state index in [0.29, 0.717) is 17.8 Å². The van der Waals surface area contributed by atoms with E-state index in [1.165, 1.54) is 150 Å². The van der Waals surface area contributed by atoms with E-state index < -0.39 is 0 Å². The van der Waals surface area contributed by atoms with E-state index in [1.807, 2.05) is 0 Å². The minimum absolute atomic E-state index is 0.137. The highest BCUT2D eigenvalue weighted by molar-refractivity contribution is 6.21. The summed E-state index contributed by atoms with van der Waals surface area (Å²) in [6.45, 7) is 25.8. The van der Waals surface area contributed by atoms with Crippen molar-refractivity contribution in [2.24, 2.45) is 11.8 Å². The normalized spacial score (nSPS) is 13.6. The molecule has 0 saturated heterocycles. The average Bonchev–Trinajstić information content (AvgIpc) is 3.34. The second kappa shape index (κ2) is 23.2. The Morgan fingerprint density at radius 3 is 1.31 bits per heavy atom. The van der Waals surface area contributed by atoms with Crippen LogP contribution in [0.2, 0.25) is 0 Å². The molecule has 0 saturated carbocycles. The fraction of sp³-hybridized carbons (Fsp3) is 0.469. The van der Waals surface area contributed by atoms with Crippen LogP contribution >= 0.6 is 0 Å². The van der Waals surface area contributed by atoms with Crippen LogP contribution in [0.1, 0.15) is 188 Å². The van der Waals surface area contributed by atoms with E-state index in [4.69, 9.17) is 0 Å². The quantitative estimate of drug-likeness (QED) is 0.0306. The highest BCUT2D eigenvalue weighted by Gasteiger charge is 2.32. The number of hydrogen-bond donors (Lipinski definition) is 0. The van der Waals surface area contributed by atoms with Gasteiger partial charge in [-0.05, 0) is 126 Å². The molecule has 3 atom stereocenters. The van der Waals surface area contributed by atoms with Crippen LogP contribution < -0.4 is 0 Å². The summed E-state index contributed by atoms with van der Waals surface area (Å²) in [4.78, 5) is 0. The predicted octanol–water partition coefficient (Wildman–Crippen LogP) is 20.4. The summed E-state index contributed by atoms with van der Waals surface area (Å²) in [6, 6.07) is 44.8. The van der Waals surface area contributed by atoms with Gasteiger partial charge in [-0.25, -0.2) is 0 Å². The lowest BCUT2D eigenvalue weighted by Gasteiger charge is -2.36. The molecule has 0 aromatic heterocycles. The fourth-order valence-electron chi connectivity index (χ4n) is 10.9. The van der Waals surface area contributed by atoms with Crippen molar-refractivity contribution in [3.8, 4) is 33.4 Å². The summed E-state index contributed by atoms with van der Waals surface area (Å²) in [5.41, 5.74) is 12.8. The Hall–Kier alpha value is -4.42. The first-order valence-electron chi connectivity index (χ1n) is 26.0. The molecule has 6 aromatic rings. The number of hydrogen-bond acceptors (Lipinski definition) is 0. The van der Waals surface area contributed by atoms with Gasteiger partial charge in [0.2, 0.25) is 0 Å². The molecule has 6 aromatic carbocycles. The number of fused-ring (bicyclic) bond motifs is 2. The molecule has 0 aliphatic carbocycles. The fourth-order valence-corrected chi connectivity index (χ4v) is 10.9. The second-order valence-electron chi connectivity index (χ2n) is 20.4. The highest BCUT2D eigenvalue weighted by atomic mass is 14.4. The molecular formula is C64H84. The molecule has 64 heavy (non-hydrogen) atoms. The molecule has 6 rings (SSSR count). The lowest BCUT2D eigenvalue weighted by Crippen LogP contribution is -2.26. The van der Waals surface area contributed by atoms with Gasteiger partial charge in [0.15, 0.2) is 0 Å². The minimum Gasteiger partial charge on any atom is -0.103 e.